The quantitative estimate of drug-likeness (QED) is 0.180. The van der Waals surface area contributed by atoms with Crippen LogP contribution in [0.5, 0.6) is 0 Å². The highest BCUT2D eigenvalue weighted by Crippen LogP contribution is 2.24. The Hall–Kier alpha value is 1.29. The Labute approximate surface area is 148 Å². The van der Waals surface area contributed by atoms with Gasteiger partial charge in [-0.05, 0) is 43.7 Å². The summed E-state index contributed by atoms with van der Waals surface area (Å²) in [6.07, 6.45) is 25.7. The molecule has 0 nitrogen and oxygen atoms in total. The lowest BCUT2D eigenvalue weighted by molar-refractivity contribution is 0.368. The molecule has 0 aliphatic carbocycles. The van der Waals surface area contributed by atoms with Crippen LogP contribution in [0.1, 0.15) is 96.3 Å². The summed E-state index contributed by atoms with van der Waals surface area (Å²) in [4.78, 5) is 0. The van der Waals surface area contributed by atoms with Crippen molar-refractivity contribution in [1.82, 2.24) is 0 Å². The van der Waals surface area contributed by atoms with Crippen molar-refractivity contribution in [2.45, 2.75) is 96.3 Å². The monoisotopic (exact) mass is 364 g/mol. The average Bonchev–Trinajstić information content (AvgIpc) is 2.53. The molecule has 0 rings (SSSR count). The maximum atomic E-state index is 2.86. The Kier molecular flexibility index (Phi) is 21.5. The van der Waals surface area contributed by atoms with E-state index >= 15 is 0 Å². The third-order valence-corrected chi connectivity index (χ3v) is 5.92. The van der Waals surface area contributed by atoms with Gasteiger partial charge in [0.25, 0.3) is 0 Å². The summed E-state index contributed by atoms with van der Waals surface area (Å²) in [5.74, 6) is 1.03. The van der Waals surface area contributed by atoms with E-state index in [4.69, 9.17) is 0 Å². The number of rotatable bonds is 18. The molecule has 0 aromatic rings. The summed E-state index contributed by atoms with van der Waals surface area (Å²) in [5.41, 5.74) is 0. The SMILES string of the molecule is PCCCCCCC(CCCCCCP)CCCCCCP. The fourth-order valence-electron chi connectivity index (χ4n) is 3.23. The smallest absolute Gasteiger partial charge is 0.0381 e. The van der Waals surface area contributed by atoms with Gasteiger partial charge in [0, 0.05) is 0 Å². The van der Waals surface area contributed by atoms with Gasteiger partial charge in [0.1, 0.15) is 0 Å². The molecule has 22 heavy (non-hydrogen) atoms. The zero-order valence-electron chi connectivity index (χ0n) is 15.0. The standard InChI is InChI=1S/C19H43P3/c20-16-10-4-1-7-13-19(14-8-2-5-11-17-21)15-9-3-6-12-18-22/h19H,1-18,20-22H2. The highest BCUT2D eigenvalue weighted by molar-refractivity contribution is 7.16. The molecule has 0 aliphatic rings. The van der Waals surface area contributed by atoms with Gasteiger partial charge >= 0.3 is 0 Å². The van der Waals surface area contributed by atoms with Crippen molar-refractivity contribution >= 4 is 27.7 Å². The van der Waals surface area contributed by atoms with Crippen LogP contribution in [0.3, 0.4) is 0 Å². The van der Waals surface area contributed by atoms with E-state index < -0.39 is 0 Å². The fourth-order valence-corrected chi connectivity index (χ4v) is 4.09. The first kappa shape index (κ1) is 23.3. The van der Waals surface area contributed by atoms with Crippen molar-refractivity contribution in [3.05, 3.63) is 0 Å². The van der Waals surface area contributed by atoms with Crippen LogP contribution < -0.4 is 0 Å². The second kappa shape index (κ2) is 20.3. The summed E-state index contributed by atoms with van der Waals surface area (Å²) in [7, 11) is 8.57. The number of unbranched alkanes of at least 4 members (excludes halogenated alkanes) is 9. The summed E-state index contributed by atoms with van der Waals surface area (Å²) >= 11 is 0. The topological polar surface area (TPSA) is 0 Å². The van der Waals surface area contributed by atoms with E-state index in [0.29, 0.717) is 0 Å². The molecular weight excluding hydrogens is 321 g/mol. The van der Waals surface area contributed by atoms with Crippen LogP contribution in [0.4, 0.5) is 0 Å². The maximum absolute atomic E-state index is 2.86. The number of hydrogen-bond acceptors (Lipinski definition) is 0. The average molecular weight is 364 g/mol. The third-order valence-electron chi connectivity index (χ3n) is 4.70. The Morgan fingerprint density at radius 3 is 0.909 bits per heavy atom. The minimum Gasteiger partial charge on any atom is -0.138 e. The van der Waals surface area contributed by atoms with Crippen LogP contribution in [0.2, 0.25) is 0 Å². The predicted octanol–water partition coefficient (Wildman–Crippen LogP) is 7.08. The molecule has 0 amide bonds. The van der Waals surface area contributed by atoms with E-state index in [1.54, 1.807) is 0 Å². The Balaban J connectivity index is 3.72. The molecule has 0 fully saturated rings. The molecule has 0 N–H and O–H groups in total. The van der Waals surface area contributed by atoms with Gasteiger partial charge < -0.3 is 0 Å². The Morgan fingerprint density at radius 1 is 0.364 bits per heavy atom. The molecule has 0 aliphatic heterocycles. The van der Waals surface area contributed by atoms with E-state index in [2.05, 4.69) is 27.7 Å². The van der Waals surface area contributed by atoms with Gasteiger partial charge in [0.05, 0.1) is 0 Å². The van der Waals surface area contributed by atoms with Gasteiger partial charge in [-0.15, -0.1) is 27.7 Å². The molecule has 0 saturated heterocycles. The molecule has 0 aromatic heterocycles. The van der Waals surface area contributed by atoms with Crippen molar-refractivity contribution in [3.63, 3.8) is 0 Å². The van der Waals surface area contributed by atoms with E-state index in [9.17, 15) is 0 Å². The molecule has 0 radical (unpaired) electrons. The van der Waals surface area contributed by atoms with Crippen molar-refractivity contribution in [3.8, 4) is 0 Å². The minimum atomic E-state index is 1.03. The summed E-state index contributed by atoms with van der Waals surface area (Å²) < 4.78 is 0. The molecule has 3 atom stereocenters. The zero-order chi connectivity index (χ0) is 16.3. The van der Waals surface area contributed by atoms with E-state index in [1.807, 2.05) is 0 Å². The first-order valence-corrected chi connectivity index (χ1v) is 12.4. The highest BCUT2D eigenvalue weighted by atomic mass is 31.0. The largest absolute Gasteiger partial charge is 0.138 e. The predicted molar refractivity (Wildman–Crippen MR) is 116 cm³/mol. The van der Waals surface area contributed by atoms with Crippen LogP contribution in [0.15, 0.2) is 0 Å². The van der Waals surface area contributed by atoms with Crippen molar-refractivity contribution < 1.29 is 0 Å². The maximum Gasteiger partial charge on any atom is -0.0381 e. The third kappa shape index (κ3) is 17.6. The molecule has 134 valence electrons. The first-order chi connectivity index (χ1) is 10.8. The minimum absolute atomic E-state index is 1.03. The van der Waals surface area contributed by atoms with E-state index in [-0.39, 0.29) is 0 Å². The molecule has 0 saturated carbocycles. The molecule has 0 heterocycles. The fraction of sp³-hybridized carbons (Fsp3) is 1.00. The lowest BCUT2D eigenvalue weighted by atomic mass is 9.90. The summed E-state index contributed by atoms with van der Waals surface area (Å²) in [6, 6.07) is 0. The zero-order valence-corrected chi connectivity index (χ0v) is 18.5. The van der Waals surface area contributed by atoms with E-state index in [0.717, 1.165) is 5.92 Å². The van der Waals surface area contributed by atoms with Gasteiger partial charge in [0.2, 0.25) is 0 Å². The van der Waals surface area contributed by atoms with Crippen LogP contribution >= 0.6 is 27.7 Å². The molecule has 0 spiro atoms. The summed E-state index contributed by atoms with van der Waals surface area (Å²) in [6.45, 7) is 0. The van der Waals surface area contributed by atoms with Crippen molar-refractivity contribution in [2.24, 2.45) is 5.92 Å². The van der Waals surface area contributed by atoms with Crippen LogP contribution in [0.25, 0.3) is 0 Å². The van der Waals surface area contributed by atoms with Gasteiger partial charge in [-0.3, -0.25) is 0 Å². The molecule has 0 aromatic carbocycles. The normalized spacial score (nSPS) is 11.5. The summed E-state index contributed by atoms with van der Waals surface area (Å²) in [5, 5.41) is 0. The Bertz CT molecular complexity index is 164. The van der Waals surface area contributed by atoms with Crippen molar-refractivity contribution in [1.29, 1.82) is 0 Å². The molecule has 0 bridgehead atoms. The second-order valence-electron chi connectivity index (χ2n) is 6.84. The van der Waals surface area contributed by atoms with Gasteiger partial charge in [-0.1, -0.05) is 77.0 Å². The lowest BCUT2D eigenvalue weighted by Gasteiger charge is -2.17. The molecule has 3 unspecified atom stereocenters. The highest BCUT2D eigenvalue weighted by Gasteiger charge is 2.08. The molecular formula is C19H43P3. The first-order valence-electron chi connectivity index (χ1n) is 9.95. The van der Waals surface area contributed by atoms with Crippen molar-refractivity contribution in [2.75, 3.05) is 18.5 Å². The van der Waals surface area contributed by atoms with E-state index in [1.165, 1.54) is 115 Å². The second-order valence-corrected chi connectivity index (χ2v) is 8.57. The van der Waals surface area contributed by atoms with Gasteiger partial charge in [-0.25, -0.2) is 0 Å². The number of hydrogen-bond donors (Lipinski definition) is 0. The lowest BCUT2D eigenvalue weighted by Crippen LogP contribution is -2.02. The van der Waals surface area contributed by atoms with Gasteiger partial charge in [-0.2, -0.15) is 0 Å². The van der Waals surface area contributed by atoms with Crippen LogP contribution in [0, 0.1) is 5.92 Å². The molecule has 3 heteroatoms. The Morgan fingerprint density at radius 2 is 0.636 bits per heavy atom. The van der Waals surface area contributed by atoms with Crippen LogP contribution in [-0.4, -0.2) is 18.5 Å². The van der Waals surface area contributed by atoms with Crippen LogP contribution in [-0.2, 0) is 0 Å². The van der Waals surface area contributed by atoms with Gasteiger partial charge in [0.15, 0.2) is 0 Å².